The first-order valence-electron chi connectivity index (χ1n) is 11.4. The van der Waals surface area contributed by atoms with Gasteiger partial charge in [0.15, 0.2) is 0 Å². The van der Waals surface area contributed by atoms with E-state index in [1.54, 1.807) is 33.8 Å². The minimum Gasteiger partial charge on any atom is -0.336 e. The molecular formula is C23H29ClN4O6S3. The number of carbonyl (C=O) groups excluding carboxylic acids is 1. The van der Waals surface area contributed by atoms with Crippen LogP contribution >= 0.6 is 22.9 Å². The molecule has 0 aliphatic heterocycles. The molecule has 10 nitrogen and oxygen atoms in total. The molecule has 0 saturated carbocycles. The van der Waals surface area contributed by atoms with Crippen LogP contribution in [0.25, 0.3) is 0 Å². The molecule has 0 radical (unpaired) electrons. The number of carbonyl (C=O) groups is 1. The molecule has 202 valence electrons. The summed E-state index contributed by atoms with van der Waals surface area (Å²) in [6.07, 6.45) is 2.58. The molecule has 0 unspecified atom stereocenters. The highest BCUT2D eigenvalue weighted by molar-refractivity contribution is 7.93. The van der Waals surface area contributed by atoms with Gasteiger partial charge in [-0.2, -0.15) is 0 Å². The zero-order valence-electron chi connectivity index (χ0n) is 21.1. The van der Waals surface area contributed by atoms with E-state index in [0.29, 0.717) is 41.0 Å². The number of halogens is 1. The first-order valence-corrected chi connectivity index (χ1v) is 15.7. The minimum atomic E-state index is -4.25. The van der Waals surface area contributed by atoms with Crippen molar-refractivity contribution in [3.05, 3.63) is 49.8 Å². The first kappa shape index (κ1) is 29.1. The molecule has 0 aliphatic rings. The van der Waals surface area contributed by atoms with Gasteiger partial charge >= 0.3 is 0 Å². The van der Waals surface area contributed by atoms with Crippen molar-refractivity contribution in [1.29, 1.82) is 0 Å². The fraction of sp³-hybridized carbons (Fsp3) is 0.391. The van der Waals surface area contributed by atoms with Crippen molar-refractivity contribution in [2.24, 2.45) is 0 Å². The zero-order chi connectivity index (χ0) is 27.5. The Hall–Kier alpha value is -2.45. The minimum absolute atomic E-state index is 0.00718. The van der Waals surface area contributed by atoms with E-state index in [4.69, 9.17) is 16.1 Å². The molecule has 2 aromatic heterocycles. The SMILES string of the molecule is CCCCCNS(=O)(=O)c1c(C)cc(C)c(NC(=O)c2sccc2S(=O)(=O)Nc2onc(C)c2Cl)c1C. The highest BCUT2D eigenvalue weighted by atomic mass is 35.5. The van der Waals surface area contributed by atoms with E-state index in [2.05, 4.69) is 19.9 Å². The number of anilines is 2. The van der Waals surface area contributed by atoms with Crippen LogP contribution in [0.5, 0.6) is 0 Å². The van der Waals surface area contributed by atoms with Crippen LogP contribution in [-0.4, -0.2) is 34.4 Å². The Labute approximate surface area is 225 Å². The molecule has 37 heavy (non-hydrogen) atoms. The highest BCUT2D eigenvalue weighted by Crippen LogP contribution is 2.33. The normalized spacial score (nSPS) is 12.1. The number of benzene rings is 1. The van der Waals surface area contributed by atoms with Gasteiger partial charge in [-0.3, -0.25) is 4.79 Å². The third kappa shape index (κ3) is 6.34. The van der Waals surface area contributed by atoms with E-state index < -0.39 is 26.0 Å². The van der Waals surface area contributed by atoms with Crippen molar-refractivity contribution < 1.29 is 26.2 Å². The number of aromatic nitrogens is 1. The van der Waals surface area contributed by atoms with Crippen molar-refractivity contribution in [3.63, 3.8) is 0 Å². The van der Waals surface area contributed by atoms with Crippen LogP contribution in [-0.2, 0) is 20.0 Å². The summed E-state index contributed by atoms with van der Waals surface area (Å²) in [7, 11) is -8.08. The fourth-order valence-electron chi connectivity index (χ4n) is 3.87. The van der Waals surface area contributed by atoms with E-state index in [1.165, 1.54) is 11.4 Å². The molecule has 1 aromatic carbocycles. The molecule has 0 aliphatic carbocycles. The van der Waals surface area contributed by atoms with Gasteiger partial charge in [0.25, 0.3) is 21.8 Å². The summed E-state index contributed by atoms with van der Waals surface area (Å²) in [5, 5.41) is 7.79. The molecule has 0 bridgehead atoms. The maximum Gasteiger partial charge on any atom is 0.267 e. The van der Waals surface area contributed by atoms with Crippen molar-refractivity contribution >= 4 is 60.5 Å². The Morgan fingerprint density at radius 1 is 1.08 bits per heavy atom. The number of thiophene rings is 1. The summed E-state index contributed by atoms with van der Waals surface area (Å²) in [4.78, 5) is 12.9. The first-order chi connectivity index (χ1) is 17.3. The second kappa shape index (κ2) is 11.5. The van der Waals surface area contributed by atoms with Gasteiger partial charge in [-0.25, -0.2) is 26.3 Å². The predicted octanol–water partition coefficient (Wildman–Crippen LogP) is 5.14. The third-order valence-corrected chi connectivity index (χ3v) is 10.2. The molecule has 0 spiro atoms. The molecule has 0 fully saturated rings. The van der Waals surface area contributed by atoms with Crippen LogP contribution in [0.3, 0.4) is 0 Å². The van der Waals surface area contributed by atoms with Crippen molar-refractivity contribution in [2.75, 3.05) is 16.6 Å². The van der Waals surface area contributed by atoms with Crippen molar-refractivity contribution in [2.45, 2.75) is 63.7 Å². The number of hydrogen-bond donors (Lipinski definition) is 3. The van der Waals surface area contributed by atoms with Gasteiger partial charge in [-0.1, -0.05) is 42.6 Å². The monoisotopic (exact) mass is 588 g/mol. The van der Waals surface area contributed by atoms with Gasteiger partial charge < -0.3 is 9.84 Å². The smallest absolute Gasteiger partial charge is 0.267 e. The number of nitrogens with one attached hydrogen (secondary N) is 3. The second-order valence-electron chi connectivity index (χ2n) is 8.53. The predicted molar refractivity (Wildman–Crippen MR) is 145 cm³/mol. The number of rotatable bonds is 11. The highest BCUT2D eigenvalue weighted by Gasteiger charge is 2.28. The number of sulfonamides is 2. The van der Waals surface area contributed by atoms with Crippen LogP contribution in [0.15, 0.2) is 31.8 Å². The Morgan fingerprint density at radius 3 is 2.41 bits per heavy atom. The molecule has 0 saturated heterocycles. The van der Waals surface area contributed by atoms with Gasteiger partial charge in [-0.15, -0.1) is 11.3 Å². The van der Waals surface area contributed by atoms with Crippen molar-refractivity contribution in [1.82, 2.24) is 9.88 Å². The summed E-state index contributed by atoms with van der Waals surface area (Å²) in [6.45, 7) is 8.93. The van der Waals surface area contributed by atoms with E-state index in [-0.39, 0.29) is 25.6 Å². The number of nitrogens with zero attached hydrogens (tertiary/aromatic N) is 1. The largest absolute Gasteiger partial charge is 0.336 e. The fourth-order valence-corrected chi connectivity index (χ4v) is 7.91. The Balaban J connectivity index is 1.92. The van der Waals surface area contributed by atoms with Crippen LogP contribution in [0.2, 0.25) is 5.02 Å². The molecule has 1 amide bonds. The number of amides is 1. The van der Waals surface area contributed by atoms with Gasteiger partial charge in [-0.05, 0) is 62.3 Å². The van der Waals surface area contributed by atoms with E-state index in [9.17, 15) is 21.6 Å². The lowest BCUT2D eigenvalue weighted by atomic mass is 10.0. The lowest BCUT2D eigenvalue weighted by Crippen LogP contribution is -2.27. The molecule has 3 rings (SSSR count). The number of aryl methyl sites for hydroxylation is 3. The van der Waals surface area contributed by atoms with E-state index >= 15 is 0 Å². The maximum atomic E-state index is 13.2. The lowest BCUT2D eigenvalue weighted by molar-refractivity contribution is 0.102. The van der Waals surface area contributed by atoms with Gasteiger partial charge in [0, 0.05) is 12.2 Å². The van der Waals surface area contributed by atoms with Crippen LogP contribution < -0.4 is 14.8 Å². The van der Waals surface area contributed by atoms with Crippen LogP contribution in [0, 0.1) is 27.7 Å². The molecule has 0 atom stereocenters. The second-order valence-corrected chi connectivity index (χ2v) is 13.2. The molecule has 3 N–H and O–H groups in total. The summed E-state index contributed by atoms with van der Waals surface area (Å²) < 4.78 is 61.9. The Bertz CT molecular complexity index is 1530. The van der Waals surface area contributed by atoms with E-state index in [1.807, 2.05) is 6.92 Å². The summed E-state index contributed by atoms with van der Waals surface area (Å²) in [5.74, 6) is -0.965. The van der Waals surface area contributed by atoms with Crippen LogP contribution in [0.1, 0.15) is 58.2 Å². The maximum absolute atomic E-state index is 13.2. The topological polar surface area (TPSA) is 147 Å². The number of hydrogen-bond acceptors (Lipinski definition) is 8. The van der Waals surface area contributed by atoms with Gasteiger partial charge in [0.05, 0.1) is 4.90 Å². The Kier molecular flexibility index (Phi) is 9.06. The van der Waals surface area contributed by atoms with Crippen molar-refractivity contribution in [3.8, 4) is 0 Å². The average molecular weight is 589 g/mol. The quantitative estimate of drug-likeness (QED) is 0.262. The van der Waals surface area contributed by atoms with E-state index in [0.717, 1.165) is 24.2 Å². The molecule has 2 heterocycles. The van der Waals surface area contributed by atoms with Crippen LogP contribution in [0.4, 0.5) is 11.6 Å². The Morgan fingerprint density at radius 2 is 1.78 bits per heavy atom. The molecule has 3 aromatic rings. The summed E-state index contributed by atoms with van der Waals surface area (Å²) >= 11 is 6.94. The van der Waals surface area contributed by atoms with Gasteiger partial charge in [0.2, 0.25) is 10.0 Å². The van der Waals surface area contributed by atoms with Gasteiger partial charge in [0.1, 0.15) is 20.5 Å². The molecule has 14 heteroatoms. The zero-order valence-corrected chi connectivity index (χ0v) is 24.3. The third-order valence-electron chi connectivity index (χ3n) is 5.62. The number of unbranched alkanes of at least 4 members (excludes halogenated alkanes) is 2. The summed E-state index contributed by atoms with van der Waals surface area (Å²) in [6, 6.07) is 2.95. The standard InChI is InChI=1S/C23H29ClN4O6S3/c1-6-7-8-10-25-37(32,33)21-14(3)12-13(2)19(15(21)4)26-22(29)20-17(9-11-35-20)36(30,31)28-23-18(24)16(5)27-34-23/h9,11-12,25,28H,6-8,10H2,1-5H3,(H,26,29). The lowest BCUT2D eigenvalue weighted by Gasteiger charge is -2.18. The average Bonchev–Trinajstić information content (AvgIpc) is 3.42. The molecular weight excluding hydrogens is 560 g/mol. The summed E-state index contributed by atoms with van der Waals surface area (Å²) in [5.41, 5.74) is 2.13.